The fourth-order valence-electron chi connectivity index (χ4n) is 1.86. The van der Waals surface area contributed by atoms with Crippen LogP contribution in [0.2, 0.25) is 0 Å². The summed E-state index contributed by atoms with van der Waals surface area (Å²) in [6, 6.07) is 5.99. The molecule has 0 saturated heterocycles. The summed E-state index contributed by atoms with van der Waals surface area (Å²) in [5.74, 6) is 0.347. The molecule has 1 unspecified atom stereocenters. The minimum Gasteiger partial charge on any atom is -0.506 e. The molecular formula is C10H14N2O. The average Bonchev–Trinajstić information content (AvgIpc) is 2.02. The number of para-hydroxylation sites is 1. The minimum atomic E-state index is 0.347. The van der Waals surface area contributed by atoms with Crippen LogP contribution in [0.15, 0.2) is 18.2 Å². The van der Waals surface area contributed by atoms with Crippen LogP contribution in [0.1, 0.15) is 6.92 Å². The Hall–Kier alpha value is -1.38. The number of benzene rings is 1. The van der Waals surface area contributed by atoms with Gasteiger partial charge in [0.25, 0.3) is 0 Å². The molecule has 1 aliphatic heterocycles. The molecule has 0 fully saturated rings. The first-order valence-corrected chi connectivity index (χ1v) is 4.48. The van der Waals surface area contributed by atoms with Gasteiger partial charge in [-0.05, 0) is 19.1 Å². The van der Waals surface area contributed by atoms with Gasteiger partial charge in [-0.15, -0.1) is 0 Å². The van der Waals surface area contributed by atoms with E-state index in [1.807, 2.05) is 19.2 Å². The molecule has 1 atom stereocenters. The second kappa shape index (κ2) is 2.83. The lowest BCUT2D eigenvalue weighted by atomic mass is 10.1. The van der Waals surface area contributed by atoms with Gasteiger partial charge in [0.2, 0.25) is 0 Å². The van der Waals surface area contributed by atoms with Crippen molar-refractivity contribution in [2.24, 2.45) is 0 Å². The molecule has 3 nitrogen and oxygen atoms in total. The second-order valence-corrected chi connectivity index (χ2v) is 3.60. The number of rotatable bonds is 0. The van der Waals surface area contributed by atoms with Crippen LogP contribution in [-0.4, -0.2) is 24.7 Å². The molecule has 1 aromatic carbocycles. The third-order valence-electron chi connectivity index (χ3n) is 2.35. The van der Waals surface area contributed by atoms with E-state index in [1.165, 1.54) is 0 Å². The van der Waals surface area contributed by atoms with Crippen LogP contribution < -0.4 is 10.2 Å². The third-order valence-corrected chi connectivity index (χ3v) is 2.35. The van der Waals surface area contributed by atoms with Crippen molar-refractivity contribution in [3.8, 4) is 5.75 Å². The van der Waals surface area contributed by atoms with Crippen molar-refractivity contribution < 1.29 is 5.11 Å². The highest BCUT2D eigenvalue weighted by atomic mass is 16.3. The van der Waals surface area contributed by atoms with Crippen LogP contribution in [0.25, 0.3) is 0 Å². The predicted molar refractivity (Wildman–Crippen MR) is 54.5 cm³/mol. The molecule has 3 heteroatoms. The predicted octanol–water partition coefficient (Wildman–Crippen LogP) is 1.64. The summed E-state index contributed by atoms with van der Waals surface area (Å²) in [6.45, 7) is 3.05. The van der Waals surface area contributed by atoms with Crippen LogP contribution in [0.3, 0.4) is 0 Å². The van der Waals surface area contributed by atoms with E-state index in [-0.39, 0.29) is 0 Å². The maximum absolute atomic E-state index is 9.63. The SMILES string of the molecule is CC1CN(C)c2c(O)cccc2N1. The van der Waals surface area contributed by atoms with Gasteiger partial charge in [0.1, 0.15) is 11.4 Å². The number of nitrogens with one attached hydrogen (secondary N) is 1. The first-order valence-electron chi connectivity index (χ1n) is 4.48. The number of hydrogen-bond acceptors (Lipinski definition) is 3. The molecule has 0 saturated carbocycles. The fourth-order valence-corrected chi connectivity index (χ4v) is 1.86. The van der Waals surface area contributed by atoms with Crippen molar-refractivity contribution in [2.75, 3.05) is 23.8 Å². The Morgan fingerprint density at radius 3 is 3.08 bits per heavy atom. The normalized spacial score (nSPS) is 20.8. The molecule has 13 heavy (non-hydrogen) atoms. The number of fused-ring (bicyclic) bond motifs is 1. The van der Waals surface area contributed by atoms with E-state index in [4.69, 9.17) is 0 Å². The quantitative estimate of drug-likeness (QED) is 0.634. The molecule has 2 rings (SSSR count). The Balaban J connectivity index is 2.49. The number of hydrogen-bond donors (Lipinski definition) is 2. The van der Waals surface area contributed by atoms with Crippen LogP contribution in [0.4, 0.5) is 11.4 Å². The van der Waals surface area contributed by atoms with E-state index < -0.39 is 0 Å². The minimum absolute atomic E-state index is 0.347. The summed E-state index contributed by atoms with van der Waals surface area (Å²) in [7, 11) is 2.00. The Kier molecular flexibility index (Phi) is 1.79. The zero-order chi connectivity index (χ0) is 9.42. The first kappa shape index (κ1) is 8.23. The average molecular weight is 178 g/mol. The standard InChI is InChI=1S/C10H14N2O/c1-7-6-12(2)10-8(11-7)4-3-5-9(10)13/h3-5,7,11,13H,6H2,1-2H3. The van der Waals surface area contributed by atoms with E-state index in [2.05, 4.69) is 17.1 Å². The number of phenols is 1. The van der Waals surface area contributed by atoms with Gasteiger partial charge in [-0.1, -0.05) is 6.07 Å². The maximum atomic E-state index is 9.63. The molecule has 1 heterocycles. The van der Waals surface area contributed by atoms with E-state index in [0.29, 0.717) is 11.8 Å². The smallest absolute Gasteiger partial charge is 0.141 e. The van der Waals surface area contributed by atoms with Crippen molar-refractivity contribution in [2.45, 2.75) is 13.0 Å². The molecule has 0 amide bonds. The summed E-state index contributed by atoms with van der Waals surface area (Å²) in [4.78, 5) is 2.08. The molecule has 0 aromatic heterocycles. The van der Waals surface area contributed by atoms with Crippen molar-refractivity contribution in [1.82, 2.24) is 0 Å². The largest absolute Gasteiger partial charge is 0.506 e. The zero-order valence-electron chi connectivity index (χ0n) is 7.91. The van der Waals surface area contributed by atoms with E-state index in [0.717, 1.165) is 17.9 Å². The van der Waals surface area contributed by atoms with Gasteiger partial charge in [-0.3, -0.25) is 0 Å². The Bertz CT molecular complexity index is 325. The Morgan fingerprint density at radius 1 is 1.54 bits per heavy atom. The summed E-state index contributed by atoms with van der Waals surface area (Å²) in [6.07, 6.45) is 0. The molecular weight excluding hydrogens is 164 g/mol. The summed E-state index contributed by atoms with van der Waals surface area (Å²) < 4.78 is 0. The summed E-state index contributed by atoms with van der Waals surface area (Å²) >= 11 is 0. The molecule has 1 aromatic rings. The van der Waals surface area contributed by atoms with Crippen LogP contribution >= 0.6 is 0 Å². The monoisotopic (exact) mass is 178 g/mol. The van der Waals surface area contributed by atoms with Crippen molar-refractivity contribution in [3.63, 3.8) is 0 Å². The van der Waals surface area contributed by atoms with E-state index in [9.17, 15) is 5.11 Å². The molecule has 0 bridgehead atoms. The van der Waals surface area contributed by atoms with Crippen molar-refractivity contribution in [3.05, 3.63) is 18.2 Å². The molecule has 2 N–H and O–H groups in total. The van der Waals surface area contributed by atoms with Gasteiger partial charge in [0.05, 0.1) is 5.69 Å². The van der Waals surface area contributed by atoms with Crippen molar-refractivity contribution >= 4 is 11.4 Å². The number of anilines is 2. The number of likely N-dealkylation sites (N-methyl/N-ethyl adjacent to an activating group) is 1. The highest BCUT2D eigenvalue weighted by molar-refractivity contribution is 5.78. The van der Waals surface area contributed by atoms with Gasteiger partial charge in [0, 0.05) is 19.6 Å². The number of nitrogens with zero attached hydrogens (tertiary/aromatic N) is 1. The van der Waals surface area contributed by atoms with Gasteiger partial charge < -0.3 is 15.3 Å². The van der Waals surface area contributed by atoms with Gasteiger partial charge in [0.15, 0.2) is 0 Å². The van der Waals surface area contributed by atoms with Gasteiger partial charge in [-0.2, -0.15) is 0 Å². The van der Waals surface area contributed by atoms with E-state index in [1.54, 1.807) is 6.07 Å². The Labute approximate surface area is 78.0 Å². The lowest BCUT2D eigenvalue weighted by Gasteiger charge is -2.33. The van der Waals surface area contributed by atoms with Crippen molar-refractivity contribution in [1.29, 1.82) is 0 Å². The zero-order valence-corrected chi connectivity index (χ0v) is 7.91. The Morgan fingerprint density at radius 2 is 2.31 bits per heavy atom. The molecule has 1 aliphatic rings. The molecule has 0 radical (unpaired) electrons. The maximum Gasteiger partial charge on any atom is 0.141 e. The van der Waals surface area contributed by atoms with Crippen LogP contribution in [0, 0.1) is 0 Å². The number of aromatic hydroxyl groups is 1. The topological polar surface area (TPSA) is 35.5 Å². The lowest BCUT2D eigenvalue weighted by Crippen LogP contribution is -2.37. The lowest BCUT2D eigenvalue weighted by molar-refractivity contribution is 0.473. The molecule has 70 valence electrons. The summed E-state index contributed by atoms with van der Waals surface area (Å²) in [5, 5.41) is 13.0. The van der Waals surface area contributed by atoms with Crippen LogP contribution in [0.5, 0.6) is 5.75 Å². The fraction of sp³-hybridized carbons (Fsp3) is 0.400. The molecule has 0 aliphatic carbocycles. The second-order valence-electron chi connectivity index (χ2n) is 3.60. The number of phenolic OH excluding ortho intramolecular Hbond substituents is 1. The van der Waals surface area contributed by atoms with Gasteiger partial charge in [-0.25, -0.2) is 0 Å². The highest BCUT2D eigenvalue weighted by Gasteiger charge is 2.20. The highest BCUT2D eigenvalue weighted by Crippen LogP contribution is 2.37. The summed E-state index contributed by atoms with van der Waals surface area (Å²) in [5.41, 5.74) is 1.92. The van der Waals surface area contributed by atoms with Crippen LogP contribution in [-0.2, 0) is 0 Å². The third kappa shape index (κ3) is 1.30. The first-order chi connectivity index (χ1) is 6.18. The van der Waals surface area contributed by atoms with Gasteiger partial charge >= 0.3 is 0 Å². The van der Waals surface area contributed by atoms with E-state index >= 15 is 0 Å². The molecule has 0 spiro atoms.